The zero-order valence-corrected chi connectivity index (χ0v) is 14.2. The van der Waals surface area contributed by atoms with Crippen molar-refractivity contribution in [3.8, 4) is 0 Å². The van der Waals surface area contributed by atoms with E-state index in [4.69, 9.17) is 10.5 Å². The van der Waals surface area contributed by atoms with Gasteiger partial charge in [-0.05, 0) is 26.2 Å². The smallest absolute Gasteiger partial charge is 0.249 e. The van der Waals surface area contributed by atoms with Gasteiger partial charge in [0, 0.05) is 26.7 Å². The van der Waals surface area contributed by atoms with Gasteiger partial charge in [-0.3, -0.25) is 4.79 Å². The molecule has 1 saturated heterocycles. The van der Waals surface area contributed by atoms with Crippen LogP contribution < -0.4 is 11.1 Å². The van der Waals surface area contributed by atoms with E-state index >= 15 is 0 Å². The molecular formula is C12H26ClN3O4S. The lowest BCUT2D eigenvalue weighted by Gasteiger charge is -2.16. The van der Waals surface area contributed by atoms with E-state index in [2.05, 4.69) is 5.32 Å². The van der Waals surface area contributed by atoms with Gasteiger partial charge >= 0.3 is 0 Å². The Labute approximate surface area is 133 Å². The number of nitrogens with one attached hydrogen (secondary N) is 1. The molecule has 0 aliphatic carbocycles. The Morgan fingerprint density at radius 3 is 2.62 bits per heavy atom. The first-order chi connectivity index (χ1) is 9.40. The summed E-state index contributed by atoms with van der Waals surface area (Å²) in [7, 11) is -1.59. The van der Waals surface area contributed by atoms with E-state index in [-0.39, 0.29) is 30.2 Å². The molecule has 9 heteroatoms. The summed E-state index contributed by atoms with van der Waals surface area (Å²) >= 11 is 0. The van der Waals surface area contributed by atoms with Crippen molar-refractivity contribution < 1.29 is 17.9 Å². The molecule has 2 atom stereocenters. The van der Waals surface area contributed by atoms with Crippen LogP contribution in [-0.2, 0) is 19.6 Å². The van der Waals surface area contributed by atoms with Gasteiger partial charge in [-0.15, -0.1) is 12.4 Å². The van der Waals surface area contributed by atoms with Crippen LogP contribution in [-0.4, -0.2) is 63.3 Å². The van der Waals surface area contributed by atoms with Crippen molar-refractivity contribution in [2.75, 3.05) is 32.4 Å². The highest BCUT2D eigenvalue weighted by atomic mass is 35.5. The van der Waals surface area contributed by atoms with Crippen LogP contribution in [0.1, 0.15) is 26.2 Å². The fourth-order valence-corrected chi connectivity index (χ4v) is 2.91. The first kappa shape index (κ1) is 20.6. The van der Waals surface area contributed by atoms with E-state index < -0.39 is 16.1 Å². The van der Waals surface area contributed by atoms with Gasteiger partial charge < -0.3 is 15.8 Å². The molecule has 0 radical (unpaired) electrons. The van der Waals surface area contributed by atoms with E-state index in [0.717, 1.165) is 6.42 Å². The van der Waals surface area contributed by atoms with Crippen molar-refractivity contribution >= 4 is 28.3 Å². The van der Waals surface area contributed by atoms with E-state index in [1.165, 1.54) is 4.31 Å². The summed E-state index contributed by atoms with van der Waals surface area (Å²) in [4.78, 5) is 11.8. The Bertz CT molecular complexity index is 419. The Kier molecular flexibility index (Phi) is 9.39. The van der Waals surface area contributed by atoms with Crippen LogP contribution in [0.2, 0.25) is 0 Å². The van der Waals surface area contributed by atoms with Gasteiger partial charge in [0.2, 0.25) is 15.9 Å². The molecule has 0 aromatic heterocycles. The summed E-state index contributed by atoms with van der Waals surface area (Å²) in [5.74, 6) is -0.0475. The number of rotatable bonds is 8. The minimum absolute atomic E-state index is 0. The molecule has 1 heterocycles. The second kappa shape index (κ2) is 9.58. The number of hydrogen-bond donors (Lipinski definition) is 2. The number of carbonyl (C=O) groups excluding carboxylic acids is 1. The maximum Gasteiger partial charge on any atom is 0.249 e. The van der Waals surface area contributed by atoms with Crippen LogP contribution in [0.25, 0.3) is 0 Å². The van der Waals surface area contributed by atoms with Crippen molar-refractivity contribution in [3.63, 3.8) is 0 Å². The molecule has 1 amide bonds. The molecule has 1 aliphatic rings. The molecule has 7 nitrogen and oxygen atoms in total. The molecule has 0 bridgehead atoms. The summed E-state index contributed by atoms with van der Waals surface area (Å²) in [5, 5.41) is 2.77. The molecular weight excluding hydrogens is 318 g/mol. The van der Waals surface area contributed by atoms with E-state index in [1.807, 2.05) is 0 Å². The van der Waals surface area contributed by atoms with Crippen LogP contribution in [0.5, 0.6) is 0 Å². The zero-order valence-electron chi connectivity index (χ0n) is 12.6. The van der Waals surface area contributed by atoms with Crippen molar-refractivity contribution in [1.29, 1.82) is 0 Å². The standard InChI is InChI=1S/C12H25N3O4S.ClH/c1-3-20(17,18)15(2)8-4-7-14-12(16)11-6-5-10(9-13)19-11;/h10-11H,3-9,13H2,1-2H3,(H,14,16);1H/t10-,11+;/m1./s1. The summed E-state index contributed by atoms with van der Waals surface area (Å²) in [5.41, 5.74) is 5.49. The quantitative estimate of drug-likeness (QED) is 0.589. The van der Waals surface area contributed by atoms with Gasteiger partial charge in [-0.1, -0.05) is 0 Å². The normalized spacial score (nSPS) is 22.1. The number of ether oxygens (including phenoxy) is 1. The van der Waals surface area contributed by atoms with Crippen molar-refractivity contribution in [1.82, 2.24) is 9.62 Å². The molecule has 0 unspecified atom stereocenters. The highest BCUT2D eigenvalue weighted by Crippen LogP contribution is 2.18. The Balaban J connectivity index is 0.00000400. The average molecular weight is 344 g/mol. The third-order valence-corrected chi connectivity index (χ3v) is 5.31. The monoisotopic (exact) mass is 343 g/mol. The predicted octanol–water partition coefficient (Wildman–Crippen LogP) is -0.298. The molecule has 0 spiro atoms. The number of nitrogens with zero attached hydrogens (tertiary/aromatic N) is 1. The lowest BCUT2D eigenvalue weighted by molar-refractivity contribution is -0.131. The number of sulfonamides is 1. The first-order valence-corrected chi connectivity index (χ1v) is 8.59. The highest BCUT2D eigenvalue weighted by molar-refractivity contribution is 7.89. The highest BCUT2D eigenvalue weighted by Gasteiger charge is 2.29. The number of hydrogen-bond acceptors (Lipinski definition) is 5. The van der Waals surface area contributed by atoms with Gasteiger partial charge in [0.1, 0.15) is 6.10 Å². The van der Waals surface area contributed by atoms with Crippen molar-refractivity contribution in [2.45, 2.75) is 38.4 Å². The first-order valence-electron chi connectivity index (χ1n) is 6.98. The van der Waals surface area contributed by atoms with Crippen LogP contribution >= 0.6 is 12.4 Å². The third kappa shape index (κ3) is 6.48. The minimum Gasteiger partial charge on any atom is -0.364 e. The van der Waals surface area contributed by atoms with Gasteiger partial charge in [0.05, 0.1) is 11.9 Å². The topological polar surface area (TPSA) is 102 Å². The summed E-state index contributed by atoms with van der Waals surface area (Å²) in [6.07, 6.45) is 1.64. The SMILES string of the molecule is CCS(=O)(=O)N(C)CCCNC(=O)[C@@H]1CC[C@H](CN)O1.Cl. The molecule has 3 N–H and O–H groups in total. The van der Waals surface area contributed by atoms with Crippen molar-refractivity contribution in [3.05, 3.63) is 0 Å². The second-order valence-electron chi connectivity index (χ2n) is 4.93. The number of carbonyl (C=O) groups is 1. The minimum atomic E-state index is -3.14. The largest absolute Gasteiger partial charge is 0.364 e. The molecule has 1 aliphatic heterocycles. The molecule has 1 fully saturated rings. The van der Waals surface area contributed by atoms with Crippen LogP contribution in [0.3, 0.4) is 0 Å². The Morgan fingerprint density at radius 1 is 1.43 bits per heavy atom. The molecule has 0 aromatic rings. The summed E-state index contributed by atoms with van der Waals surface area (Å²) in [6.45, 7) is 2.88. The zero-order chi connectivity index (χ0) is 15.2. The van der Waals surface area contributed by atoms with Crippen LogP contribution in [0, 0.1) is 0 Å². The summed E-state index contributed by atoms with van der Waals surface area (Å²) in [6, 6.07) is 0. The van der Waals surface area contributed by atoms with Crippen molar-refractivity contribution in [2.24, 2.45) is 5.73 Å². The molecule has 1 rings (SSSR count). The van der Waals surface area contributed by atoms with E-state index in [1.54, 1.807) is 14.0 Å². The molecule has 0 saturated carbocycles. The third-order valence-electron chi connectivity index (χ3n) is 3.45. The lowest BCUT2D eigenvalue weighted by atomic mass is 10.2. The van der Waals surface area contributed by atoms with E-state index in [9.17, 15) is 13.2 Å². The maximum atomic E-state index is 11.8. The molecule has 126 valence electrons. The summed E-state index contributed by atoms with van der Waals surface area (Å²) < 4.78 is 29.8. The fraction of sp³-hybridized carbons (Fsp3) is 0.917. The number of nitrogens with two attached hydrogens (primary N) is 1. The van der Waals surface area contributed by atoms with Crippen LogP contribution in [0.4, 0.5) is 0 Å². The van der Waals surface area contributed by atoms with Gasteiger partial charge in [-0.25, -0.2) is 12.7 Å². The molecule has 21 heavy (non-hydrogen) atoms. The fourth-order valence-electron chi connectivity index (χ4n) is 2.06. The van der Waals surface area contributed by atoms with E-state index in [0.29, 0.717) is 32.5 Å². The number of halogens is 1. The van der Waals surface area contributed by atoms with Crippen LogP contribution in [0.15, 0.2) is 0 Å². The maximum absolute atomic E-state index is 11.8. The van der Waals surface area contributed by atoms with Gasteiger partial charge in [0.15, 0.2) is 0 Å². The molecule has 0 aromatic carbocycles. The lowest BCUT2D eigenvalue weighted by Crippen LogP contribution is -2.37. The van der Waals surface area contributed by atoms with Gasteiger partial charge in [0.25, 0.3) is 0 Å². The predicted molar refractivity (Wildman–Crippen MR) is 83.9 cm³/mol. The second-order valence-corrected chi connectivity index (χ2v) is 7.29. The Hall–Kier alpha value is -0.410. The Morgan fingerprint density at radius 2 is 2.10 bits per heavy atom. The average Bonchev–Trinajstić information content (AvgIpc) is 2.91. The number of amides is 1. The van der Waals surface area contributed by atoms with Gasteiger partial charge in [-0.2, -0.15) is 0 Å².